The van der Waals surface area contributed by atoms with Crippen LogP contribution in [0.4, 0.5) is 0 Å². The molecule has 1 aliphatic carbocycles. The number of nitrogens with zero attached hydrogens (tertiary/aromatic N) is 2. The molecule has 1 atom stereocenters. The van der Waals surface area contributed by atoms with Crippen LogP contribution in [0.3, 0.4) is 0 Å². The van der Waals surface area contributed by atoms with E-state index >= 15 is 0 Å². The van der Waals surface area contributed by atoms with Crippen LogP contribution in [0.2, 0.25) is 0 Å². The molecule has 0 N–H and O–H groups in total. The molecule has 0 amide bonds. The Morgan fingerprint density at radius 2 is 2.14 bits per heavy atom. The van der Waals surface area contributed by atoms with Crippen LogP contribution in [0.5, 0.6) is 0 Å². The van der Waals surface area contributed by atoms with E-state index in [0.29, 0.717) is 6.42 Å². The molecule has 0 aromatic carbocycles. The molecule has 0 aromatic rings. The lowest BCUT2D eigenvalue weighted by atomic mass is 9.70. The van der Waals surface area contributed by atoms with E-state index in [1.807, 2.05) is 32.8 Å². The SMILES string of the molecule is CN(C)C1=CC(=O)CC(C)(C)C1C#N. The van der Waals surface area contributed by atoms with Gasteiger partial charge in [0, 0.05) is 32.3 Å². The summed E-state index contributed by atoms with van der Waals surface area (Å²) in [5, 5.41) is 9.10. The quantitative estimate of drug-likeness (QED) is 0.633. The molecule has 0 heterocycles. The van der Waals surface area contributed by atoms with Crippen molar-refractivity contribution >= 4 is 5.78 Å². The fraction of sp³-hybridized carbons (Fsp3) is 0.636. The van der Waals surface area contributed by atoms with Gasteiger partial charge >= 0.3 is 0 Å². The molecule has 0 saturated carbocycles. The first kappa shape index (κ1) is 10.8. The maximum Gasteiger partial charge on any atom is 0.158 e. The van der Waals surface area contributed by atoms with Crippen LogP contribution >= 0.6 is 0 Å². The number of hydrogen-bond donors (Lipinski definition) is 0. The summed E-state index contributed by atoms with van der Waals surface area (Å²) in [4.78, 5) is 13.3. The van der Waals surface area contributed by atoms with Gasteiger partial charge in [-0.2, -0.15) is 5.26 Å². The number of ketones is 1. The summed E-state index contributed by atoms with van der Waals surface area (Å²) in [5.74, 6) is -0.0691. The second-order valence-corrected chi connectivity index (χ2v) is 4.66. The van der Waals surface area contributed by atoms with Crippen LogP contribution in [0.15, 0.2) is 11.8 Å². The Labute approximate surface area is 85.0 Å². The van der Waals surface area contributed by atoms with Gasteiger partial charge in [-0.1, -0.05) is 13.8 Å². The Hall–Kier alpha value is -1.30. The third-order valence-electron chi connectivity index (χ3n) is 2.66. The summed E-state index contributed by atoms with van der Waals surface area (Å²) in [7, 11) is 3.73. The average Bonchev–Trinajstić information content (AvgIpc) is 2.00. The summed E-state index contributed by atoms with van der Waals surface area (Å²) < 4.78 is 0. The van der Waals surface area contributed by atoms with Crippen molar-refractivity contribution in [2.24, 2.45) is 11.3 Å². The van der Waals surface area contributed by atoms with Gasteiger partial charge in [-0.05, 0) is 5.41 Å². The number of carbonyl (C=O) groups excluding carboxylic acids is 1. The smallest absolute Gasteiger partial charge is 0.158 e. The molecule has 0 spiro atoms. The molecule has 3 heteroatoms. The maximum absolute atomic E-state index is 11.4. The second kappa shape index (κ2) is 3.45. The molecule has 1 rings (SSSR count). The van der Waals surface area contributed by atoms with Gasteiger partial charge < -0.3 is 4.90 Å². The number of nitriles is 1. The lowest BCUT2D eigenvalue weighted by molar-refractivity contribution is -0.117. The molecule has 0 aliphatic heterocycles. The summed E-state index contributed by atoms with van der Waals surface area (Å²) in [6.07, 6.45) is 2.06. The standard InChI is InChI=1S/C11H16N2O/c1-11(2)6-8(14)5-10(13(3)4)9(11)7-12/h5,9H,6H2,1-4H3. The summed E-state index contributed by atoms with van der Waals surface area (Å²) in [5.41, 5.74) is 0.578. The van der Waals surface area contributed by atoms with Crippen LogP contribution in [0.25, 0.3) is 0 Å². The van der Waals surface area contributed by atoms with Crippen molar-refractivity contribution in [3.05, 3.63) is 11.8 Å². The molecule has 3 nitrogen and oxygen atoms in total. The molecule has 1 aliphatic rings. The van der Waals surface area contributed by atoms with E-state index in [1.54, 1.807) is 6.08 Å². The third kappa shape index (κ3) is 1.79. The predicted molar refractivity (Wildman–Crippen MR) is 54.3 cm³/mol. The van der Waals surface area contributed by atoms with Crippen molar-refractivity contribution < 1.29 is 4.79 Å². The molecule has 0 fully saturated rings. The Kier molecular flexibility index (Phi) is 2.66. The zero-order valence-corrected chi connectivity index (χ0v) is 9.16. The van der Waals surface area contributed by atoms with E-state index < -0.39 is 0 Å². The van der Waals surface area contributed by atoms with E-state index in [2.05, 4.69) is 6.07 Å². The monoisotopic (exact) mass is 192 g/mol. The van der Waals surface area contributed by atoms with Crippen molar-refractivity contribution in [1.29, 1.82) is 5.26 Å². The lowest BCUT2D eigenvalue weighted by Crippen LogP contribution is -2.36. The largest absolute Gasteiger partial charge is 0.380 e. The first-order valence-electron chi connectivity index (χ1n) is 4.70. The summed E-state index contributed by atoms with van der Waals surface area (Å²) in [6.45, 7) is 3.94. The molecule has 0 saturated heterocycles. The van der Waals surface area contributed by atoms with Crippen LogP contribution in [0, 0.1) is 22.7 Å². The first-order chi connectivity index (χ1) is 6.38. The van der Waals surface area contributed by atoms with Crippen LogP contribution in [0.1, 0.15) is 20.3 Å². The van der Waals surface area contributed by atoms with Crippen LogP contribution in [-0.2, 0) is 4.79 Å². The summed E-state index contributed by atoms with van der Waals surface area (Å²) in [6, 6.07) is 2.28. The highest BCUT2D eigenvalue weighted by molar-refractivity contribution is 5.92. The van der Waals surface area contributed by atoms with Gasteiger partial charge in [-0.15, -0.1) is 0 Å². The van der Waals surface area contributed by atoms with Crippen molar-refractivity contribution in [3.8, 4) is 6.07 Å². The second-order valence-electron chi connectivity index (χ2n) is 4.66. The molecule has 1 unspecified atom stereocenters. The molecular weight excluding hydrogens is 176 g/mol. The van der Waals surface area contributed by atoms with Gasteiger partial charge in [0.1, 0.15) is 0 Å². The predicted octanol–water partition coefficient (Wildman–Crippen LogP) is 1.57. The number of allylic oxidation sites excluding steroid dienone is 2. The zero-order chi connectivity index (χ0) is 10.9. The minimum atomic E-state index is -0.250. The Bertz CT molecular complexity index is 321. The van der Waals surface area contributed by atoms with E-state index in [9.17, 15) is 4.79 Å². The lowest BCUT2D eigenvalue weighted by Gasteiger charge is -2.36. The number of rotatable bonds is 1. The van der Waals surface area contributed by atoms with Crippen molar-refractivity contribution in [1.82, 2.24) is 4.90 Å². The van der Waals surface area contributed by atoms with Crippen molar-refractivity contribution in [2.75, 3.05) is 14.1 Å². The number of hydrogen-bond acceptors (Lipinski definition) is 3. The minimum absolute atomic E-state index is 0.116. The molecule has 0 aromatic heterocycles. The van der Waals surface area contributed by atoms with E-state index in [-0.39, 0.29) is 17.1 Å². The highest BCUT2D eigenvalue weighted by Gasteiger charge is 2.38. The highest BCUT2D eigenvalue weighted by atomic mass is 16.1. The normalized spacial score (nSPS) is 25.2. The van der Waals surface area contributed by atoms with Crippen LogP contribution in [-0.4, -0.2) is 24.8 Å². The molecule has 0 bridgehead atoms. The summed E-state index contributed by atoms with van der Waals surface area (Å²) >= 11 is 0. The average molecular weight is 192 g/mol. The molecule has 76 valence electrons. The zero-order valence-electron chi connectivity index (χ0n) is 9.16. The Morgan fingerprint density at radius 3 is 2.57 bits per heavy atom. The van der Waals surface area contributed by atoms with Crippen molar-refractivity contribution in [3.63, 3.8) is 0 Å². The topological polar surface area (TPSA) is 44.1 Å². The van der Waals surface area contributed by atoms with Gasteiger partial charge in [-0.3, -0.25) is 4.79 Å². The number of carbonyl (C=O) groups is 1. The van der Waals surface area contributed by atoms with Gasteiger partial charge in [0.2, 0.25) is 0 Å². The van der Waals surface area contributed by atoms with Crippen molar-refractivity contribution in [2.45, 2.75) is 20.3 Å². The Morgan fingerprint density at radius 1 is 1.57 bits per heavy atom. The fourth-order valence-corrected chi connectivity index (χ4v) is 1.88. The molecular formula is C11H16N2O. The molecule has 14 heavy (non-hydrogen) atoms. The minimum Gasteiger partial charge on any atom is -0.380 e. The van der Waals surface area contributed by atoms with Gasteiger partial charge in [0.05, 0.1) is 12.0 Å². The fourth-order valence-electron chi connectivity index (χ4n) is 1.88. The van der Waals surface area contributed by atoms with Gasteiger partial charge in [0.15, 0.2) is 5.78 Å². The maximum atomic E-state index is 11.4. The third-order valence-corrected chi connectivity index (χ3v) is 2.66. The highest BCUT2D eigenvalue weighted by Crippen LogP contribution is 2.39. The van der Waals surface area contributed by atoms with Gasteiger partial charge in [-0.25, -0.2) is 0 Å². The molecule has 0 radical (unpaired) electrons. The van der Waals surface area contributed by atoms with E-state index in [4.69, 9.17) is 5.26 Å². The van der Waals surface area contributed by atoms with Gasteiger partial charge in [0.25, 0.3) is 0 Å². The van der Waals surface area contributed by atoms with Crippen LogP contribution < -0.4 is 0 Å². The van der Waals surface area contributed by atoms with E-state index in [1.165, 1.54) is 0 Å². The Balaban J connectivity index is 3.14. The van der Waals surface area contributed by atoms with E-state index in [0.717, 1.165) is 5.70 Å². The first-order valence-corrected chi connectivity index (χ1v) is 4.70.